The van der Waals surface area contributed by atoms with Crippen LogP contribution in [0.5, 0.6) is 0 Å². The van der Waals surface area contributed by atoms with Gasteiger partial charge in [0.1, 0.15) is 6.10 Å². The van der Waals surface area contributed by atoms with Gasteiger partial charge in [0, 0.05) is 32.0 Å². The van der Waals surface area contributed by atoms with Crippen LogP contribution in [0.2, 0.25) is 0 Å². The van der Waals surface area contributed by atoms with Gasteiger partial charge in [-0.25, -0.2) is 0 Å². The summed E-state index contributed by atoms with van der Waals surface area (Å²) >= 11 is 0. The molecular weight excluding hydrogens is 358 g/mol. The van der Waals surface area contributed by atoms with E-state index in [9.17, 15) is 0 Å². The van der Waals surface area contributed by atoms with Gasteiger partial charge in [0.25, 0.3) is 0 Å². The van der Waals surface area contributed by atoms with Crippen molar-refractivity contribution < 1.29 is 4.74 Å². The SMILES string of the molecule is Cn1cc(CN2CCC(CCOC(c3ccccc3)c3ccccc3)CC2)cn1. The Balaban J connectivity index is 1.26. The molecule has 1 aliphatic rings. The fourth-order valence-electron chi connectivity index (χ4n) is 4.24. The van der Waals surface area contributed by atoms with E-state index in [4.69, 9.17) is 4.74 Å². The molecule has 0 spiro atoms. The molecule has 29 heavy (non-hydrogen) atoms. The van der Waals surface area contributed by atoms with Gasteiger partial charge in [0.2, 0.25) is 0 Å². The summed E-state index contributed by atoms with van der Waals surface area (Å²) in [5, 5.41) is 4.28. The van der Waals surface area contributed by atoms with E-state index in [2.05, 4.69) is 76.9 Å². The average molecular weight is 390 g/mol. The topological polar surface area (TPSA) is 30.3 Å². The number of rotatable bonds is 8. The first-order chi connectivity index (χ1) is 14.3. The minimum Gasteiger partial charge on any atom is -0.369 e. The maximum atomic E-state index is 6.42. The van der Waals surface area contributed by atoms with Crippen molar-refractivity contribution in [3.63, 3.8) is 0 Å². The number of aryl methyl sites for hydroxylation is 1. The Bertz CT molecular complexity index is 815. The van der Waals surface area contributed by atoms with Crippen molar-refractivity contribution in [1.82, 2.24) is 14.7 Å². The molecule has 152 valence electrons. The van der Waals surface area contributed by atoms with E-state index in [0.717, 1.165) is 25.5 Å². The first-order valence-corrected chi connectivity index (χ1v) is 10.7. The van der Waals surface area contributed by atoms with E-state index < -0.39 is 0 Å². The maximum Gasteiger partial charge on any atom is 0.108 e. The van der Waals surface area contributed by atoms with Gasteiger partial charge in [-0.05, 0) is 49.4 Å². The van der Waals surface area contributed by atoms with Gasteiger partial charge in [-0.1, -0.05) is 60.7 Å². The number of likely N-dealkylation sites (tertiary alicyclic amines) is 1. The van der Waals surface area contributed by atoms with Crippen molar-refractivity contribution in [2.75, 3.05) is 19.7 Å². The van der Waals surface area contributed by atoms with Gasteiger partial charge in [0.05, 0.1) is 6.20 Å². The van der Waals surface area contributed by atoms with E-state index in [0.29, 0.717) is 0 Å². The average Bonchev–Trinajstić information content (AvgIpc) is 3.18. The molecule has 1 aromatic heterocycles. The van der Waals surface area contributed by atoms with Crippen LogP contribution in [0.1, 0.15) is 42.1 Å². The first kappa shape index (κ1) is 19.9. The van der Waals surface area contributed by atoms with Crippen molar-refractivity contribution in [2.45, 2.75) is 31.9 Å². The van der Waals surface area contributed by atoms with E-state index in [1.54, 1.807) is 0 Å². The van der Waals surface area contributed by atoms with E-state index in [1.807, 2.05) is 17.9 Å². The number of aromatic nitrogens is 2. The largest absolute Gasteiger partial charge is 0.369 e. The molecule has 0 atom stereocenters. The third-order valence-corrected chi connectivity index (χ3v) is 5.89. The molecule has 4 heteroatoms. The van der Waals surface area contributed by atoms with Gasteiger partial charge in [-0.3, -0.25) is 9.58 Å². The zero-order valence-corrected chi connectivity index (χ0v) is 17.3. The number of ether oxygens (including phenoxy) is 1. The molecule has 2 aromatic carbocycles. The van der Waals surface area contributed by atoms with Crippen molar-refractivity contribution in [1.29, 1.82) is 0 Å². The molecule has 0 N–H and O–H groups in total. The molecule has 0 bridgehead atoms. The molecule has 4 rings (SSSR count). The molecule has 0 unspecified atom stereocenters. The zero-order valence-electron chi connectivity index (χ0n) is 17.3. The summed E-state index contributed by atoms with van der Waals surface area (Å²) in [4.78, 5) is 2.55. The van der Waals surface area contributed by atoms with Crippen molar-refractivity contribution >= 4 is 0 Å². The van der Waals surface area contributed by atoms with Crippen molar-refractivity contribution in [2.24, 2.45) is 13.0 Å². The smallest absolute Gasteiger partial charge is 0.108 e. The lowest BCUT2D eigenvalue weighted by atomic mass is 9.93. The van der Waals surface area contributed by atoms with E-state index >= 15 is 0 Å². The zero-order chi connectivity index (χ0) is 19.9. The number of hydrogen-bond acceptors (Lipinski definition) is 3. The normalized spacial score (nSPS) is 15.8. The highest BCUT2D eigenvalue weighted by atomic mass is 16.5. The molecule has 0 aliphatic carbocycles. The Labute approximate surface area is 174 Å². The highest BCUT2D eigenvalue weighted by molar-refractivity contribution is 5.29. The lowest BCUT2D eigenvalue weighted by Gasteiger charge is -2.32. The van der Waals surface area contributed by atoms with Crippen molar-refractivity contribution in [3.05, 3.63) is 89.7 Å². The molecule has 1 saturated heterocycles. The summed E-state index contributed by atoms with van der Waals surface area (Å²) in [6, 6.07) is 21.1. The lowest BCUT2D eigenvalue weighted by molar-refractivity contribution is 0.0596. The minimum absolute atomic E-state index is 0.0167. The van der Waals surface area contributed by atoms with Crippen molar-refractivity contribution in [3.8, 4) is 0 Å². The Hall–Kier alpha value is -2.43. The Morgan fingerprint density at radius 1 is 0.966 bits per heavy atom. The van der Waals surface area contributed by atoms with E-state index in [-0.39, 0.29) is 6.10 Å². The lowest BCUT2D eigenvalue weighted by Crippen LogP contribution is -2.33. The second-order valence-corrected chi connectivity index (χ2v) is 8.10. The van der Waals surface area contributed by atoms with Gasteiger partial charge in [-0.2, -0.15) is 5.10 Å². The highest BCUT2D eigenvalue weighted by Gasteiger charge is 2.21. The molecule has 3 aromatic rings. The number of nitrogens with zero attached hydrogens (tertiary/aromatic N) is 3. The summed E-state index contributed by atoms with van der Waals surface area (Å²) in [5.74, 6) is 0.757. The Morgan fingerprint density at radius 3 is 2.14 bits per heavy atom. The predicted molar refractivity (Wildman–Crippen MR) is 117 cm³/mol. The molecule has 1 fully saturated rings. The van der Waals surface area contributed by atoms with Crippen LogP contribution in [-0.4, -0.2) is 34.4 Å². The van der Waals surface area contributed by atoms with Gasteiger partial charge in [-0.15, -0.1) is 0 Å². The molecular formula is C25H31N3O. The second-order valence-electron chi connectivity index (χ2n) is 8.10. The van der Waals surface area contributed by atoms with Crippen LogP contribution in [0.3, 0.4) is 0 Å². The highest BCUT2D eigenvalue weighted by Crippen LogP contribution is 2.28. The van der Waals surface area contributed by atoms with Gasteiger partial charge >= 0.3 is 0 Å². The Morgan fingerprint density at radius 2 is 1.59 bits per heavy atom. The van der Waals surface area contributed by atoms with E-state index in [1.165, 1.54) is 42.6 Å². The van der Waals surface area contributed by atoms with Gasteiger partial charge in [0.15, 0.2) is 0 Å². The maximum absolute atomic E-state index is 6.42. The fourth-order valence-corrected chi connectivity index (χ4v) is 4.24. The molecule has 0 radical (unpaired) electrons. The third-order valence-electron chi connectivity index (χ3n) is 5.89. The Kier molecular flexibility index (Phi) is 6.75. The quantitative estimate of drug-likeness (QED) is 0.553. The number of benzene rings is 2. The summed E-state index contributed by atoms with van der Waals surface area (Å²) in [6.07, 6.45) is 7.76. The number of hydrogen-bond donors (Lipinski definition) is 0. The van der Waals surface area contributed by atoms with Crippen LogP contribution in [0.4, 0.5) is 0 Å². The van der Waals surface area contributed by atoms with Crippen LogP contribution < -0.4 is 0 Å². The van der Waals surface area contributed by atoms with Crippen LogP contribution >= 0.6 is 0 Å². The van der Waals surface area contributed by atoms with Gasteiger partial charge < -0.3 is 4.74 Å². The first-order valence-electron chi connectivity index (χ1n) is 10.7. The minimum atomic E-state index is 0.0167. The monoisotopic (exact) mass is 389 g/mol. The molecule has 2 heterocycles. The molecule has 0 amide bonds. The third kappa shape index (κ3) is 5.55. The molecule has 1 aliphatic heterocycles. The van der Waals surface area contributed by atoms with Crippen LogP contribution in [0.15, 0.2) is 73.1 Å². The second kappa shape index (κ2) is 9.86. The summed E-state index contributed by atoms with van der Waals surface area (Å²) < 4.78 is 8.30. The number of piperidine rings is 1. The summed E-state index contributed by atoms with van der Waals surface area (Å²) in [7, 11) is 1.98. The van der Waals surface area contributed by atoms with Crippen LogP contribution in [-0.2, 0) is 18.3 Å². The molecule has 4 nitrogen and oxygen atoms in total. The standard InChI is InChI=1S/C25H31N3O/c1-27-19-22(18-26-27)20-28-15-12-21(13-16-28)14-17-29-25(23-8-4-2-5-9-23)24-10-6-3-7-11-24/h2-11,18-19,21,25H,12-17,20H2,1H3. The van der Waals surface area contributed by atoms with Crippen LogP contribution in [0, 0.1) is 5.92 Å². The fraction of sp³-hybridized carbons (Fsp3) is 0.400. The summed E-state index contributed by atoms with van der Waals surface area (Å²) in [5.41, 5.74) is 3.76. The summed E-state index contributed by atoms with van der Waals surface area (Å²) in [6.45, 7) is 4.16. The van der Waals surface area contributed by atoms with Crippen LogP contribution in [0.25, 0.3) is 0 Å². The predicted octanol–water partition coefficient (Wildman–Crippen LogP) is 4.83. The molecule has 0 saturated carbocycles.